The second kappa shape index (κ2) is 10.7. The van der Waals surface area contributed by atoms with Crippen molar-refractivity contribution < 1.29 is 19.1 Å². The smallest absolute Gasteiger partial charge is 0.249 e. The molecular formula is C15H20BrN3O4. The van der Waals surface area contributed by atoms with Crippen LogP contribution in [0.15, 0.2) is 27.8 Å². The maximum Gasteiger partial charge on any atom is 0.249 e. The zero-order valence-electron chi connectivity index (χ0n) is 13.1. The first-order valence-electron chi connectivity index (χ1n) is 6.98. The molecule has 0 spiro atoms. The van der Waals surface area contributed by atoms with E-state index in [9.17, 15) is 9.59 Å². The molecule has 8 heteroatoms. The SMILES string of the molecule is COCCCNC(=O)CC(=O)N/N=C/c1cc(Br)ccc1OC. The predicted molar refractivity (Wildman–Crippen MR) is 90.6 cm³/mol. The lowest BCUT2D eigenvalue weighted by Crippen LogP contribution is -2.30. The number of carbonyl (C=O) groups is 2. The van der Waals surface area contributed by atoms with Gasteiger partial charge in [-0.15, -0.1) is 0 Å². The van der Waals surface area contributed by atoms with E-state index in [2.05, 4.69) is 31.8 Å². The van der Waals surface area contributed by atoms with Crippen LogP contribution in [0.5, 0.6) is 5.75 Å². The van der Waals surface area contributed by atoms with E-state index in [0.717, 1.165) is 4.47 Å². The summed E-state index contributed by atoms with van der Waals surface area (Å²) in [4.78, 5) is 23.1. The van der Waals surface area contributed by atoms with E-state index in [1.807, 2.05) is 6.07 Å². The van der Waals surface area contributed by atoms with Gasteiger partial charge in [0.25, 0.3) is 0 Å². The van der Waals surface area contributed by atoms with Crippen molar-refractivity contribution in [2.24, 2.45) is 5.10 Å². The lowest BCUT2D eigenvalue weighted by molar-refractivity contribution is -0.129. The summed E-state index contributed by atoms with van der Waals surface area (Å²) < 4.78 is 10.9. The Morgan fingerprint density at radius 3 is 2.78 bits per heavy atom. The average molecular weight is 386 g/mol. The number of rotatable bonds is 9. The lowest BCUT2D eigenvalue weighted by Gasteiger charge is -2.05. The van der Waals surface area contributed by atoms with Gasteiger partial charge in [-0.1, -0.05) is 15.9 Å². The maximum atomic E-state index is 11.6. The molecule has 0 heterocycles. The van der Waals surface area contributed by atoms with Gasteiger partial charge < -0.3 is 14.8 Å². The van der Waals surface area contributed by atoms with Crippen LogP contribution in [0, 0.1) is 0 Å². The number of hydrogen-bond acceptors (Lipinski definition) is 5. The van der Waals surface area contributed by atoms with Crippen LogP contribution in [0.2, 0.25) is 0 Å². The highest BCUT2D eigenvalue weighted by Gasteiger charge is 2.08. The molecule has 0 aliphatic heterocycles. The first-order valence-corrected chi connectivity index (χ1v) is 7.77. The first kappa shape index (κ1) is 19.1. The van der Waals surface area contributed by atoms with E-state index in [1.54, 1.807) is 26.4 Å². The molecule has 7 nitrogen and oxygen atoms in total. The summed E-state index contributed by atoms with van der Waals surface area (Å²) in [7, 11) is 3.14. The Bertz CT molecular complexity index is 564. The van der Waals surface area contributed by atoms with Gasteiger partial charge in [0.15, 0.2) is 0 Å². The largest absolute Gasteiger partial charge is 0.496 e. The molecule has 0 unspecified atom stereocenters. The van der Waals surface area contributed by atoms with E-state index in [1.165, 1.54) is 6.21 Å². The molecule has 0 saturated carbocycles. The number of carbonyl (C=O) groups excluding carboxylic acids is 2. The van der Waals surface area contributed by atoms with E-state index in [4.69, 9.17) is 9.47 Å². The van der Waals surface area contributed by atoms with Crippen LogP contribution in [0.25, 0.3) is 0 Å². The van der Waals surface area contributed by atoms with Crippen LogP contribution in [-0.4, -0.2) is 45.4 Å². The third-order valence-electron chi connectivity index (χ3n) is 2.75. The summed E-state index contributed by atoms with van der Waals surface area (Å²) in [6, 6.07) is 5.42. The second-order valence-electron chi connectivity index (χ2n) is 4.55. The summed E-state index contributed by atoms with van der Waals surface area (Å²) in [6.45, 7) is 1.03. The van der Waals surface area contributed by atoms with Crippen molar-refractivity contribution in [3.63, 3.8) is 0 Å². The summed E-state index contributed by atoms with van der Waals surface area (Å²) >= 11 is 3.35. The highest BCUT2D eigenvalue weighted by atomic mass is 79.9. The first-order chi connectivity index (χ1) is 11.1. The third-order valence-corrected chi connectivity index (χ3v) is 3.25. The second-order valence-corrected chi connectivity index (χ2v) is 5.47. The highest BCUT2D eigenvalue weighted by molar-refractivity contribution is 9.10. The predicted octanol–water partition coefficient (Wildman–Crippen LogP) is 1.45. The number of ether oxygens (including phenoxy) is 2. The summed E-state index contributed by atoms with van der Waals surface area (Å²) in [5, 5.41) is 6.45. The molecule has 0 atom stereocenters. The molecule has 0 fully saturated rings. The quantitative estimate of drug-likeness (QED) is 0.291. The van der Waals surface area contributed by atoms with Crippen LogP contribution >= 0.6 is 15.9 Å². The van der Waals surface area contributed by atoms with Crippen LogP contribution in [-0.2, 0) is 14.3 Å². The summed E-state index contributed by atoms with van der Waals surface area (Å²) in [5.74, 6) is -0.213. The highest BCUT2D eigenvalue weighted by Crippen LogP contribution is 2.21. The van der Waals surface area contributed by atoms with Gasteiger partial charge in [0, 0.05) is 30.3 Å². The molecule has 0 aromatic heterocycles. The van der Waals surface area contributed by atoms with Crippen LogP contribution in [0.4, 0.5) is 0 Å². The van der Waals surface area contributed by atoms with Crippen molar-refractivity contribution in [1.29, 1.82) is 0 Å². The van der Waals surface area contributed by atoms with Gasteiger partial charge in [-0.3, -0.25) is 9.59 Å². The van der Waals surface area contributed by atoms with Crippen molar-refractivity contribution in [3.8, 4) is 5.75 Å². The van der Waals surface area contributed by atoms with Crippen molar-refractivity contribution >= 4 is 34.0 Å². The fourth-order valence-electron chi connectivity index (χ4n) is 1.67. The molecule has 1 aromatic rings. The summed E-state index contributed by atoms with van der Waals surface area (Å²) in [6.07, 6.45) is 1.88. The van der Waals surface area contributed by atoms with Gasteiger partial charge in [0.1, 0.15) is 12.2 Å². The van der Waals surface area contributed by atoms with Crippen molar-refractivity contribution in [3.05, 3.63) is 28.2 Å². The Labute approximate surface area is 143 Å². The molecular weight excluding hydrogens is 366 g/mol. The molecule has 2 N–H and O–H groups in total. The minimum Gasteiger partial charge on any atom is -0.496 e. The van der Waals surface area contributed by atoms with Gasteiger partial charge in [-0.25, -0.2) is 5.43 Å². The molecule has 0 bridgehead atoms. The van der Waals surface area contributed by atoms with Crippen molar-refractivity contribution in [2.75, 3.05) is 27.4 Å². The van der Waals surface area contributed by atoms with E-state index in [0.29, 0.717) is 30.9 Å². The molecule has 0 aliphatic carbocycles. The Kier molecular flexibility index (Phi) is 8.93. The van der Waals surface area contributed by atoms with Gasteiger partial charge >= 0.3 is 0 Å². The Balaban J connectivity index is 2.41. The number of methoxy groups -OCH3 is 2. The van der Waals surface area contributed by atoms with Gasteiger partial charge in [0.2, 0.25) is 11.8 Å². The Morgan fingerprint density at radius 1 is 1.30 bits per heavy atom. The molecule has 126 valence electrons. The van der Waals surface area contributed by atoms with Crippen LogP contribution in [0.3, 0.4) is 0 Å². The minimum atomic E-state index is -0.487. The number of amides is 2. The van der Waals surface area contributed by atoms with E-state index >= 15 is 0 Å². The third kappa shape index (κ3) is 7.75. The average Bonchev–Trinajstić information content (AvgIpc) is 2.52. The summed E-state index contributed by atoms with van der Waals surface area (Å²) in [5.41, 5.74) is 3.01. The fourth-order valence-corrected chi connectivity index (χ4v) is 2.05. The normalized spacial score (nSPS) is 10.6. The molecule has 0 aliphatic rings. The molecule has 2 amide bonds. The van der Waals surface area contributed by atoms with Gasteiger partial charge in [-0.05, 0) is 24.6 Å². The number of nitrogens with one attached hydrogen (secondary N) is 2. The number of benzene rings is 1. The minimum absolute atomic E-state index is 0.278. The van der Waals surface area contributed by atoms with Crippen molar-refractivity contribution in [2.45, 2.75) is 12.8 Å². The number of hydrazone groups is 1. The molecule has 0 radical (unpaired) electrons. The number of nitrogens with zero attached hydrogens (tertiary/aromatic N) is 1. The van der Waals surface area contributed by atoms with Gasteiger partial charge in [-0.2, -0.15) is 5.10 Å². The maximum absolute atomic E-state index is 11.6. The zero-order chi connectivity index (χ0) is 17.1. The monoisotopic (exact) mass is 385 g/mol. The fraction of sp³-hybridized carbons (Fsp3) is 0.400. The standard InChI is InChI=1S/C15H20BrN3O4/c1-22-7-3-6-17-14(20)9-15(21)19-18-10-11-8-12(16)4-5-13(11)23-2/h4-5,8,10H,3,6-7,9H2,1-2H3,(H,17,20)(H,19,21)/b18-10+. The van der Waals surface area contributed by atoms with E-state index in [-0.39, 0.29) is 12.3 Å². The van der Waals surface area contributed by atoms with Crippen LogP contribution < -0.4 is 15.5 Å². The topological polar surface area (TPSA) is 89.0 Å². The number of hydrogen-bond donors (Lipinski definition) is 2. The Morgan fingerprint density at radius 2 is 2.09 bits per heavy atom. The lowest BCUT2D eigenvalue weighted by atomic mass is 10.2. The molecule has 1 rings (SSSR count). The molecule has 23 heavy (non-hydrogen) atoms. The van der Waals surface area contributed by atoms with Gasteiger partial charge in [0.05, 0.1) is 13.3 Å². The molecule has 1 aromatic carbocycles. The number of halogens is 1. The van der Waals surface area contributed by atoms with Crippen molar-refractivity contribution in [1.82, 2.24) is 10.7 Å². The zero-order valence-corrected chi connectivity index (χ0v) is 14.7. The van der Waals surface area contributed by atoms with Crippen LogP contribution in [0.1, 0.15) is 18.4 Å². The molecule has 0 saturated heterocycles. The Hall–Kier alpha value is -1.93. The van der Waals surface area contributed by atoms with E-state index < -0.39 is 5.91 Å².